The van der Waals surface area contributed by atoms with E-state index in [1.807, 2.05) is 30.3 Å². The molecule has 1 heterocycles. The fourth-order valence-electron chi connectivity index (χ4n) is 3.60. The zero-order chi connectivity index (χ0) is 24.1. The summed E-state index contributed by atoms with van der Waals surface area (Å²) in [4.78, 5) is 32.2. The Morgan fingerprint density at radius 3 is 2.29 bits per heavy atom. The Morgan fingerprint density at radius 2 is 1.65 bits per heavy atom. The van der Waals surface area contributed by atoms with Gasteiger partial charge in [-0.25, -0.2) is 9.66 Å². The number of hydrogen-bond donors (Lipinski definition) is 3. The minimum Gasteiger partial charge on any atom is -0.395 e. The number of carbonyl (C=O) groups excluding carboxylic acids is 1. The first-order valence-corrected chi connectivity index (χ1v) is 11.5. The number of aliphatic hydroxyl groups excluding tert-OH is 2. The van der Waals surface area contributed by atoms with Crippen molar-refractivity contribution in [2.75, 3.05) is 31.7 Å². The second-order valence-electron chi connectivity index (χ2n) is 7.53. The van der Waals surface area contributed by atoms with Crippen LogP contribution in [-0.2, 0) is 0 Å². The number of halogens is 1. The first-order chi connectivity index (χ1) is 16.5. The smallest absolute Gasteiger partial charge is 0.280 e. The van der Waals surface area contributed by atoms with E-state index in [0.717, 1.165) is 10.0 Å². The van der Waals surface area contributed by atoms with Crippen molar-refractivity contribution in [1.82, 2.24) is 14.6 Å². The molecule has 4 aromatic rings. The average molecular weight is 523 g/mol. The summed E-state index contributed by atoms with van der Waals surface area (Å²) >= 11 is 3.43. The van der Waals surface area contributed by atoms with Crippen LogP contribution < -0.4 is 11.0 Å². The Morgan fingerprint density at radius 1 is 0.971 bits per heavy atom. The number of fused-ring (bicyclic) bond motifs is 1. The third-order valence-corrected chi connectivity index (χ3v) is 5.76. The number of hydrogen-bond acceptors (Lipinski definition) is 6. The minimum atomic E-state index is -0.297. The standard InChI is InChI=1S/C25H23BrN4O4/c26-19-8-11-21-22(16-19)27-23(17-4-2-1-3-5-17)30(25(21)34)28-20-9-6-18(7-10-20)24(33)29(12-14-31)13-15-32/h1-11,16,28,31-32H,12-15H2. The molecule has 34 heavy (non-hydrogen) atoms. The first-order valence-electron chi connectivity index (χ1n) is 10.7. The van der Waals surface area contributed by atoms with Crippen molar-refractivity contribution >= 4 is 38.4 Å². The van der Waals surface area contributed by atoms with E-state index >= 15 is 0 Å². The molecule has 3 N–H and O–H groups in total. The van der Waals surface area contributed by atoms with Crippen LogP contribution in [0.5, 0.6) is 0 Å². The van der Waals surface area contributed by atoms with Gasteiger partial charge in [-0.15, -0.1) is 0 Å². The molecule has 1 aromatic heterocycles. The van der Waals surface area contributed by atoms with Crippen molar-refractivity contribution in [3.63, 3.8) is 0 Å². The summed E-state index contributed by atoms with van der Waals surface area (Å²) in [7, 11) is 0. The number of aliphatic hydroxyl groups is 2. The topological polar surface area (TPSA) is 108 Å². The molecule has 0 aliphatic heterocycles. The number of benzene rings is 3. The van der Waals surface area contributed by atoms with Gasteiger partial charge in [0.2, 0.25) is 0 Å². The summed E-state index contributed by atoms with van der Waals surface area (Å²) in [6, 6.07) is 21.4. The van der Waals surface area contributed by atoms with E-state index in [1.54, 1.807) is 42.5 Å². The van der Waals surface area contributed by atoms with E-state index in [0.29, 0.717) is 28.0 Å². The highest BCUT2D eigenvalue weighted by atomic mass is 79.9. The number of rotatable bonds is 8. The molecule has 0 bridgehead atoms. The highest BCUT2D eigenvalue weighted by Gasteiger charge is 2.16. The second-order valence-corrected chi connectivity index (χ2v) is 8.45. The van der Waals surface area contributed by atoms with Gasteiger partial charge in [-0.1, -0.05) is 46.3 Å². The molecular formula is C25H23BrN4O4. The van der Waals surface area contributed by atoms with Crippen molar-refractivity contribution in [3.05, 3.63) is 93.2 Å². The maximum Gasteiger partial charge on any atom is 0.280 e. The molecule has 174 valence electrons. The molecule has 0 radical (unpaired) electrons. The third kappa shape index (κ3) is 5.01. The van der Waals surface area contributed by atoms with Crippen molar-refractivity contribution < 1.29 is 15.0 Å². The Labute approximate surface area is 204 Å². The molecule has 0 atom stereocenters. The van der Waals surface area contributed by atoms with Crippen LogP contribution in [0.1, 0.15) is 10.4 Å². The number of nitrogens with one attached hydrogen (secondary N) is 1. The van der Waals surface area contributed by atoms with E-state index in [1.165, 1.54) is 9.58 Å². The summed E-state index contributed by atoms with van der Waals surface area (Å²) in [5.41, 5.74) is 5.20. The zero-order valence-electron chi connectivity index (χ0n) is 18.2. The van der Waals surface area contributed by atoms with Crippen LogP contribution in [0.15, 0.2) is 82.1 Å². The van der Waals surface area contributed by atoms with Crippen LogP contribution in [-0.4, -0.2) is 57.0 Å². The second kappa shape index (κ2) is 10.6. The summed E-state index contributed by atoms with van der Waals surface area (Å²) in [6.45, 7) is -0.119. The van der Waals surface area contributed by atoms with Crippen LogP contribution >= 0.6 is 15.9 Å². The van der Waals surface area contributed by atoms with Crippen LogP contribution in [0, 0.1) is 0 Å². The molecule has 9 heteroatoms. The fraction of sp³-hybridized carbons (Fsp3) is 0.160. The molecule has 0 spiro atoms. The first kappa shape index (κ1) is 23.6. The van der Waals surface area contributed by atoms with Crippen LogP contribution in [0.2, 0.25) is 0 Å². The molecule has 0 saturated carbocycles. The molecule has 3 aromatic carbocycles. The normalized spacial score (nSPS) is 10.9. The van der Waals surface area contributed by atoms with Crippen LogP contribution in [0.3, 0.4) is 0 Å². The van der Waals surface area contributed by atoms with Crippen LogP contribution in [0.4, 0.5) is 5.69 Å². The minimum absolute atomic E-state index is 0.133. The summed E-state index contributed by atoms with van der Waals surface area (Å²) < 4.78 is 2.22. The maximum atomic E-state index is 13.4. The maximum absolute atomic E-state index is 13.4. The Bertz CT molecular complexity index is 1350. The van der Waals surface area contributed by atoms with Gasteiger partial charge in [-0.3, -0.25) is 15.0 Å². The van der Waals surface area contributed by atoms with E-state index in [2.05, 4.69) is 21.4 Å². The van der Waals surface area contributed by atoms with Gasteiger partial charge in [0, 0.05) is 28.7 Å². The van der Waals surface area contributed by atoms with Crippen molar-refractivity contribution in [3.8, 4) is 11.4 Å². The molecule has 0 unspecified atom stereocenters. The lowest BCUT2D eigenvalue weighted by Crippen LogP contribution is -2.35. The quantitative estimate of drug-likeness (QED) is 0.328. The van der Waals surface area contributed by atoms with Gasteiger partial charge >= 0.3 is 0 Å². The van der Waals surface area contributed by atoms with Crippen molar-refractivity contribution in [2.45, 2.75) is 0 Å². The average Bonchev–Trinajstić information content (AvgIpc) is 2.86. The molecule has 0 aliphatic rings. The predicted octanol–water partition coefficient (Wildman–Crippen LogP) is 3.13. The lowest BCUT2D eigenvalue weighted by atomic mass is 10.1. The molecule has 8 nitrogen and oxygen atoms in total. The van der Waals surface area contributed by atoms with Gasteiger partial charge in [0.1, 0.15) is 0 Å². The zero-order valence-corrected chi connectivity index (χ0v) is 19.8. The summed E-state index contributed by atoms with van der Waals surface area (Å²) in [5, 5.41) is 18.8. The summed E-state index contributed by atoms with van der Waals surface area (Å²) in [6.07, 6.45) is 0. The van der Waals surface area contributed by atoms with E-state index in [-0.39, 0.29) is 37.8 Å². The number of carbonyl (C=O) groups is 1. The van der Waals surface area contributed by atoms with Gasteiger partial charge in [-0.05, 0) is 42.5 Å². The van der Waals surface area contributed by atoms with Gasteiger partial charge < -0.3 is 15.1 Å². The SMILES string of the molecule is O=C(c1ccc(Nn2c(-c3ccccc3)nc3cc(Br)ccc3c2=O)cc1)N(CCO)CCO. The van der Waals surface area contributed by atoms with Gasteiger partial charge in [0.05, 0.1) is 29.8 Å². The predicted molar refractivity (Wildman–Crippen MR) is 135 cm³/mol. The molecular weight excluding hydrogens is 500 g/mol. The van der Waals surface area contributed by atoms with E-state index < -0.39 is 0 Å². The lowest BCUT2D eigenvalue weighted by Gasteiger charge is -2.21. The fourth-order valence-corrected chi connectivity index (χ4v) is 3.95. The number of anilines is 1. The Hall–Kier alpha value is -3.53. The Kier molecular flexibility index (Phi) is 7.36. The highest BCUT2D eigenvalue weighted by molar-refractivity contribution is 9.10. The van der Waals surface area contributed by atoms with Gasteiger partial charge in [-0.2, -0.15) is 0 Å². The van der Waals surface area contributed by atoms with E-state index in [4.69, 9.17) is 4.98 Å². The summed E-state index contributed by atoms with van der Waals surface area (Å²) in [5.74, 6) is 0.156. The monoisotopic (exact) mass is 522 g/mol. The van der Waals surface area contributed by atoms with Gasteiger partial charge in [0.25, 0.3) is 11.5 Å². The van der Waals surface area contributed by atoms with Gasteiger partial charge in [0.15, 0.2) is 5.82 Å². The van der Waals surface area contributed by atoms with Crippen LogP contribution in [0.25, 0.3) is 22.3 Å². The highest BCUT2D eigenvalue weighted by Crippen LogP contribution is 2.22. The number of amides is 1. The molecule has 0 fully saturated rings. The lowest BCUT2D eigenvalue weighted by molar-refractivity contribution is 0.0685. The molecule has 0 saturated heterocycles. The van der Waals surface area contributed by atoms with E-state index in [9.17, 15) is 19.8 Å². The largest absolute Gasteiger partial charge is 0.395 e. The molecule has 1 amide bonds. The number of aromatic nitrogens is 2. The number of nitrogens with zero attached hydrogens (tertiary/aromatic N) is 3. The molecule has 0 aliphatic carbocycles. The third-order valence-electron chi connectivity index (χ3n) is 5.26. The molecule has 4 rings (SSSR count). The van der Waals surface area contributed by atoms with Crippen molar-refractivity contribution in [1.29, 1.82) is 0 Å². The van der Waals surface area contributed by atoms with Crippen molar-refractivity contribution in [2.24, 2.45) is 0 Å². The Balaban J connectivity index is 1.72.